The normalized spacial score (nSPS) is 14.7. The van der Waals surface area contributed by atoms with Gasteiger partial charge >= 0.3 is 5.97 Å². The van der Waals surface area contributed by atoms with Crippen molar-refractivity contribution in [3.63, 3.8) is 0 Å². The van der Waals surface area contributed by atoms with Crippen LogP contribution < -0.4 is 15.2 Å². The van der Waals surface area contributed by atoms with Crippen LogP contribution in [0.4, 0.5) is 0 Å². The van der Waals surface area contributed by atoms with Gasteiger partial charge in [-0.1, -0.05) is 6.07 Å². The van der Waals surface area contributed by atoms with E-state index in [1.54, 1.807) is 6.07 Å². The van der Waals surface area contributed by atoms with Gasteiger partial charge in [0, 0.05) is 5.92 Å². The van der Waals surface area contributed by atoms with Gasteiger partial charge in [0.05, 0.1) is 6.42 Å². The fraction of sp³-hybridized carbons (Fsp3) is 0.417. The Morgan fingerprint density at radius 1 is 1.53 bits per heavy atom. The maximum Gasteiger partial charge on any atom is 0.304 e. The zero-order valence-electron chi connectivity index (χ0n) is 9.60. The molecule has 2 rings (SSSR count). The molecule has 92 valence electrons. The van der Waals surface area contributed by atoms with Gasteiger partial charge in [-0.25, -0.2) is 0 Å². The Bertz CT molecular complexity index is 444. The topological polar surface area (TPSA) is 81.8 Å². The number of rotatable bonds is 4. The molecule has 0 bridgehead atoms. The second kappa shape index (κ2) is 4.63. The first-order valence-corrected chi connectivity index (χ1v) is 5.44. The summed E-state index contributed by atoms with van der Waals surface area (Å²) in [6.45, 7) is 2.41. The number of ether oxygens (including phenoxy) is 2. The number of carboxylic acids is 1. The molecule has 3 N–H and O–H groups in total. The highest BCUT2D eigenvalue weighted by molar-refractivity contribution is 5.68. The summed E-state index contributed by atoms with van der Waals surface area (Å²) in [5.41, 5.74) is 7.46. The Kier molecular flexibility index (Phi) is 3.19. The first-order valence-electron chi connectivity index (χ1n) is 5.44. The van der Waals surface area contributed by atoms with Crippen molar-refractivity contribution in [2.24, 2.45) is 5.73 Å². The molecule has 0 saturated heterocycles. The fourth-order valence-electron chi connectivity index (χ4n) is 2.10. The number of hydrogen-bond acceptors (Lipinski definition) is 4. The average molecular weight is 237 g/mol. The van der Waals surface area contributed by atoms with Crippen LogP contribution in [0.5, 0.6) is 11.5 Å². The van der Waals surface area contributed by atoms with Crippen molar-refractivity contribution < 1.29 is 19.4 Å². The lowest BCUT2D eigenvalue weighted by molar-refractivity contribution is -0.137. The summed E-state index contributed by atoms with van der Waals surface area (Å²) < 4.78 is 10.6. The molecule has 0 spiro atoms. The number of carbonyl (C=O) groups is 1. The summed E-state index contributed by atoms with van der Waals surface area (Å²) in [5.74, 6) is 0.364. The smallest absolute Gasteiger partial charge is 0.304 e. The highest BCUT2D eigenvalue weighted by Gasteiger charge is 2.23. The third kappa shape index (κ3) is 2.19. The van der Waals surface area contributed by atoms with Gasteiger partial charge in [0.2, 0.25) is 6.79 Å². The fourth-order valence-corrected chi connectivity index (χ4v) is 2.10. The Balaban J connectivity index is 2.34. The average Bonchev–Trinajstić information content (AvgIpc) is 2.75. The SMILES string of the molecule is Cc1c(C(CN)CC(=O)O)ccc2c1OCO2. The largest absolute Gasteiger partial charge is 0.481 e. The molecular weight excluding hydrogens is 222 g/mol. The second-order valence-corrected chi connectivity index (χ2v) is 4.04. The standard InChI is InChI=1S/C12H15NO4/c1-7-9(8(5-13)4-11(14)15)2-3-10-12(7)17-6-16-10/h2-3,8H,4-6,13H2,1H3,(H,14,15). The molecule has 1 aromatic carbocycles. The predicted molar refractivity (Wildman–Crippen MR) is 61.4 cm³/mol. The van der Waals surface area contributed by atoms with E-state index in [2.05, 4.69) is 0 Å². The van der Waals surface area contributed by atoms with Crippen LogP contribution in [0.25, 0.3) is 0 Å². The summed E-state index contributed by atoms with van der Waals surface area (Å²) in [4.78, 5) is 10.8. The van der Waals surface area contributed by atoms with Gasteiger partial charge in [0.15, 0.2) is 11.5 Å². The molecule has 1 aliphatic rings. The van der Waals surface area contributed by atoms with Crippen LogP contribution in [0.15, 0.2) is 12.1 Å². The van der Waals surface area contributed by atoms with E-state index in [-0.39, 0.29) is 19.1 Å². The van der Waals surface area contributed by atoms with E-state index in [0.29, 0.717) is 18.0 Å². The maximum atomic E-state index is 10.8. The summed E-state index contributed by atoms with van der Waals surface area (Å²) in [5, 5.41) is 8.85. The van der Waals surface area contributed by atoms with Crippen molar-refractivity contribution in [2.75, 3.05) is 13.3 Å². The Hall–Kier alpha value is -1.75. The van der Waals surface area contributed by atoms with E-state index in [4.69, 9.17) is 20.3 Å². The molecule has 1 aliphatic heterocycles. The second-order valence-electron chi connectivity index (χ2n) is 4.04. The summed E-state index contributed by atoms with van der Waals surface area (Å²) in [7, 11) is 0. The molecular formula is C12H15NO4. The molecule has 1 aromatic rings. The minimum Gasteiger partial charge on any atom is -0.481 e. The van der Waals surface area contributed by atoms with E-state index in [9.17, 15) is 4.79 Å². The highest BCUT2D eigenvalue weighted by atomic mass is 16.7. The van der Waals surface area contributed by atoms with E-state index < -0.39 is 5.97 Å². The minimum atomic E-state index is -0.850. The molecule has 1 unspecified atom stereocenters. The van der Waals surface area contributed by atoms with Gasteiger partial charge in [0.1, 0.15) is 0 Å². The van der Waals surface area contributed by atoms with Gasteiger partial charge < -0.3 is 20.3 Å². The summed E-state index contributed by atoms with van der Waals surface area (Å²) in [6, 6.07) is 3.67. The van der Waals surface area contributed by atoms with Gasteiger partial charge in [0.25, 0.3) is 0 Å². The number of hydrogen-bond donors (Lipinski definition) is 2. The number of nitrogens with two attached hydrogens (primary N) is 1. The van der Waals surface area contributed by atoms with Crippen molar-refractivity contribution in [1.29, 1.82) is 0 Å². The molecule has 0 radical (unpaired) electrons. The van der Waals surface area contributed by atoms with Crippen molar-refractivity contribution in [3.05, 3.63) is 23.3 Å². The van der Waals surface area contributed by atoms with Gasteiger partial charge in [-0.05, 0) is 30.7 Å². The summed E-state index contributed by atoms with van der Waals surface area (Å²) in [6.07, 6.45) is 0.0248. The zero-order chi connectivity index (χ0) is 12.4. The lowest BCUT2D eigenvalue weighted by Gasteiger charge is -2.16. The number of aliphatic carboxylic acids is 1. The molecule has 0 aromatic heterocycles. The van der Waals surface area contributed by atoms with Crippen LogP contribution in [0.2, 0.25) is 0 Å². The number of carboxylic acid groups (broad SMARTS) is 1. The number of fused-ring (bicyclic) bond motifs is 1. The van der Waals surface area contributed by atoms with Gasteiger partial charge in [-0.3, -0.25) is 4.79 Å². The van der Waals surface area contributed by atoms with Crippen LogP contribution in [0.1, 0.15) is 23.5 Å². The monoisotopic (exact) mass is 237 g/mol. The third-order valence-corrected chi connectivity index (χ3v) is 2.97. The lowest BCUT2D eigenvalue weighted by atomic mass is 9.91. The summed E-state index contributed by atoms with van der Waals surface area (Å²) >= 11 is 0. The maximum absolute atomic E-state index is 10.8. The lowest BCUT2D eigenvalue weighted by Crippen LogP contribution is -2.17. The number of benzene rings is 1. The first kappa shape index (κ1) is 11.7. The van der Waals surface area contributed by atoms with E-state index in [1.165, 1.54) is 0 Å². The Morgan fingerprint density at radius 3 is 2.94 bits per heavy atom. The Morgan fingerprint density at radius 2 is 2.29 bits per heavy atom. The van der Waals surface area contributed by atoms with Crippen LogP contribution in [0, 0.1) is 6.92 Å². The minimum absolute atomic E-state index is 0.0248. The first-order chi connectivity index (χ1) is 8.13. The highest BCUT2D eigenvalue weighted by Crippen LogP contribution is 2.39. The quantitative estimate of drug-likeness (QED) is 0.823. The van der Waals surface area contributed by atoms with Gasteiger partial charge in [-0.2, -0.15) is 0 Å². The van der Waals surface area contributed by atoms with Crippen molar-refractivity contribution in [2.45, 2.75) is 19.3 Å². The molecule has 1 heterocycles. The van der Waals surface area contributed by atoms with Gasteiger partial charge in [-0.15, -0.1) is 0 Å². The molecule has 5 nitrogen and oxygen atoms in total. The van der Waals surface area contributed by atoms with E-state index >= 15 is 0 Å². The molecule has 5 heteroatoms. The molecule has 1 atom stereocenters. The molecule has 0 amide bonds. The van der Waals surface area contributed by atoms with Crippen molar-refractivity contribution in [3.8, 4) is 11.5 Å². The van der Waals surface area contributed by atoms with E-state index in [0.717, 1.165) is 11.1 Å². The van der Waals surface area contributed by atoms with E-state index in [1.807, 2.05) is 13.0 Å². The zero-order valence-corrected chi connectivity index (χ0v) is 9.60. The van der Waals surface area contributed by atoms with Crippen LogP contribution in [-0.4, -0.2) is 24.4 Å². The molecule has 0 saturated carbocycles. The Labute approximate surface area is 99.1 Å². The van der Waals surface area contributed by atoms with Crippen molar-refractivity contribution >= 4 is 5.97 Å². The predicted octanol–water partition coefficient (Wildman–Crippen LogP) is 1.24. The van der Waals surface area contributed by atoms with Crippen molar-refractivity contribution in [1.82, 2.24) is 0 Å². The van der Waals surface area contributed by atoms with Crippen LogP contribution >= 0.6 is 0 Å². The van der Waals surface area contributed by atoms with Crippen LogP contribution in [0.3, 0.4) is 0 Å². The molecule has 17 heavy (non-hydrogen) atoms. The van der Waals surface area contributed by atoms with Crippen LogP contribution in [-0.2, 0) is 4.79 Å². The third-order valence-electron chi connectivity index (χ3n) is 2.97. The molecule has 0 aliphatic carbocycles. The molecule has 0 fully saturated rings.